The molecular formula is C16H22N2O2. The number of aromatic carboxylic acids is 1. The van der Waals surface area contributed by atoms with Gasteiger partial charge < -0.3 is 10.4 Å². The zero-order valence-corrected chi connectivity index (χ0v) is 11.9. The molecule has 3 heterocycles. The van der Waals surface area contributed by atoms with Crippen LogP contribution in [0.4, 0.5) is 0 Å². The van der Waals surface area contributed by atoms with Gasteiger partial charge in [0.25, 0.3) is 0 Å². The van der Waals surface area contributed by atoms with Crippen molar-refractivity contribution in [3.63, 3.8) is 0 Å². The van der Waals surface area contributed by atoms with Crippen molar-refractivity contribution in [1.29, 1.82) is 0 Å². The summed E-state index contributed by atoms with van der Waals surface area (Å²) < 4.78 is 0. The van der Waals surface area contributed by atoms with Gasteiger partial charge in [-0.15, -0.1) is 0 Å². The van der Waals surface area contributed by atoms with Gasteiger partial charge in [-0.2, -0.15) is 0 Å². The van der Waals surface area contributed by atoms with Crippen LogP contribution in [-0.4, -0.2) is 41.7 Å². The van der Waals surface area contributed by atoms with Gasteiger partial charge >= 0.3 is 5.97 Å². The number of carboxylic acid groups (broad SMARTS) is 1. The van der Waals surface area contributed by atoms with E-state index in [9.17, 15) is 4.79 Å². The van der Waals surface area contributed by atoms with Crippen molar-refractivity contribution in [2.45, 2.75) is 37.8 Å². The molecule has 0 spiro atoms. The van der Waals surface area contributed by atoms with E-state index in [4.69, 9.17) is 5.11 Å². The van der Waals surface area contributed by atoms with Crippen LogP contribution in [0, 0.1) is 0 Å². The lowest BCUT2D eigenvalue weighted by Crippen LogP contribution is -2.50. The Hall–Kier alpha value is -1.39. The number of carboxylic acids is 1. The minimum atomic E-state index is -0.858. The second kappa shape index (κ2) is 5.19. The van der Waals surface area contributed by atoms with Crippen LogP contribution in [0.5, 0.6) is 0 Å². The average Bonchev–Trinajstić information content (AvgIpc) is 2.78. The first-order valence-electron chi connectivity index (χ1n) is 7.47. The topological polar surface area (TPSA) is 52.6 Å². The number of likely N-dealkylation sites (N-methyl/N-ethyl adjacent to an activating group) is 1. The molecule has 0 amide bonds. The maximum atomic E-state index is 11.0. The molecule has 0 aliphatic carbocycles. The van der Waals surface area contributed by atoms with Crippen LogP contribution in [0.15, 0.2) is 24.3 Å². The van der Waals surface area contributed by atoms with E-state index in [2.05, 4.69) is 17.1 Å². The van der Waals surface area contributed by atoms with Crippen molar-refractivity contribution in [2.75, 3.05) is 19.6 Å². The Labute approximate surface area is 119 Å². The third-order valence-corrected chi connectivity index (χ3v) is 5.01. The lowest BCUT2D eigenvalue weighted by molar-refractivity contribution is 0.0697. The monoisotopic (exact) mass is 274 g/mol. The molecule has 4 nitrogen and oxygen atoms in total. The average molecular weight is 274 g/mol. The summed E-state index contributed by atoms with van der Waals surface area (Å²) in [5, 5.41) is 12.7. The summed E-state index contributed by atoms with van der Waals surface area (Å²) in [4.78, 5) is 13.5. The summed E-state index contributed by atoms with van der Waals surface area (Å²) >= 11 is 0. The number of carbonyl (C=O) groups is 1. The Balaban J connectivity index is 1.87. The molecule has 0 aromatic heterocycles. The number of rotatable bonds is 3. The van der Waals surface area contributed by atoms with E-state index >= 15 is 0 Å². The molecule has 2 unspecified atom stereocenters. The Kier molecular flexibility index (Phi) is 3.52. The van der Waals surface area contributed by atoms with Gasteiger partial charge in [0.1, 0.15) is 0 Å². The third kappa shape index (κ3) is 2.23. The Bertz CT molecular complexity index is 490. The van der Waals surface area contributed by atoms with E-state index in [0.717, 1.165) is 32.5 Å². The maximum absolute atomic E-state index is 11.0. The van der Waals surface area contributed by atoms with Crippen LogP contribution in [0.2, 0.25) is 0 Å². The van der Waals surface area contributed by atoms with Crippen LogP contribution in [0.1, 0.15) is 42.1 Å². The lowest BCUT2D eigenvalue weighted by Gasteiger charge is -2.39. The number of nitrogens with one attached hydrogen (secondary N) is 1. The van der Waals surface area contributed by atoms with Crippen molar-refractivity contribution in [1.82, 2.24) is 10.2 Å². The predicted molar refractivity (Wildman–Crippen MR) is 78.0 cm³/mol. The number of fused-ring (bicyclic) bond motifs is 4. The van der Waals surface area contributed by atoms with Gasteiger partial charge in [-0.1, -0.05) is 19.1 Å². The quantitative estimate of drug-likeness (QED) is 0.886. The molecular weight excluding hydrogens is 252 g/mol. The van der Waals surface area contributed by atoms with Gasteiger partial charge in [0, 0.05) is 24.7 Å². The Morgan fingerprint density at radius 2 is 2.15 bits per heavy atom. The number of hydrogen-bond acceptors (Lipinski definition) is 3. The van der Waals surface area contributed by atoms with E-state index in [1.165, 1.54) is 12.0 Å². The molecule has 3 fully saturated rings. The van der Waals surface area contributed by atoms with Gasteiger partial charge in [0.15, 0.2) is 0 Å². The molecule has 108 valence electrons. The van der Waals surface area contributed by atoms with Crippen LogP contribution in [-0.2, 0) is 5.54 Å². The van der Waals surface area contributed by atoms with E-state index in [1.807, 2.05) is 12.1 Å². The standard InChI is InChI=1S/C16H22N2O2/c1-2-18-10-9-16(8-7-14(18)11-17-16)13-5-3-12(4-6-13)15(19)20/h3-6,14,17H,2,7-11H2,1H3,(H,19,20). The molecule has 4 rings (SSSR count). The summed E-state index contributed by atoms with van der Waals surface area (Å²) in [6, 6.07) is 8.08. The first kappa shape index (κ1) is 13.6. The molecule has 3 saturated heterocycles. The molecule has 2 N–H and O–H groups in total. The molecule has 1 aromatic rings. The fraction of sp³-hybridized carbons (Fsp3) is 0.562. The smallest absolute Gasteiger partial charge is 0.335 e. The highest BCUT2D eigenvalue weighted by atomic mass is 16.4. The minimum Gasteiger partial charge on any atom is -0.478 e. The molecule has 20 heavy (non-hydrogen) atoms. The molecule has 1 aromatic carbocycles. The summed E-state index contributed by atoms with van der Waals surface area (Å²) in [5.74, 6) is -0.858. The number of hydrogen-bond donors (Lipinski definition) is 2. The Morgan fingerprint density at radius 3 is 2.70 bits per heavy atom. The molecule has 2 bridgehead atoms. The van der Waals surface area contributed by atoms with Crippen LogP contribution < -0.4 is 5.32 Å². The van der Waals surface area contributed by atoms with Crippen molar-refractivity contribution in [3.05, 3.63) is 35.4 Å². The minimum absolute atomic E-state index is 0.0391. The SMILES string of the molecule is CCN1CCC2(c3ccc(C(=O)O)cc3)CCC1CN2. The summed E-state index contributed by atoms with van der Waals surface area (Å²) in [6.07, 6.45) is 3.46. The highest BCUT2D eigenvalue weighted by Gasteiger charge is 2.41. The largest absolute Gasteiger partial charge is 0.478 e. The van der Waals surface area contributed by atoms with Crippen LogP contribution in [0.25, 0.3) is 0 Å². The van der Waals surface area contributed by atoms with Crippen molar-refractivity contribution < 1.29 is 9.90 Å². The zero-order valence-electron chi connectivity index (χ0n) is 11.9. The van der Waals surface area contributed by atoms with Gasteiger partial charge in [-0.25, -0.2) is 4.79 Å². The molecule has 3 aliphatic rings. The summed E-state index contributed by atoms with van der Waals surface area (Å²) in [7, 11) is 0. The highest BCUT2D eigenvalue weighted by Crippen LogP contribution is 2.38. The summed E-state index contributed by atoms with van der Waals surface area (Å²) in [5.41, 5.74) is 1.64. The second-order valence-corrected chi connectivity index (χ2v) is 5.92. The van der Waals surface area contributed by atoms with E-state index in [0.29, 0.717) is 11.6 Å². The molecule has 3 aliphatic heterocycles. The number of piperidine rings is 1. The fourth-order valence-electron chi connectivity index (χ4n) is 3.70. The first-order chi connectivity index (χ1) is 9.64. The second-order valence-electron chi connectivity index (χ2n) is 5.92. The van der Waals surface area contributed by atoms with Crippen LogP contribution in [0.3, 0.4) is 0 Å². The first-order valence-corrected chi connectivity index (χ1v) is 7.47. The van der Waals surface area contributed by atoms with E-state index in [1.54, 1.807) is 12.1 Å². The predicted octanol–water partition coefficient (Wildman–Crippen LogP) is 2.06. The highest BCUT2D eigenvalue weighted by molar-refractivity contribution is 5.87. The third-order valence-electron chi connectivity index (χ3n) is 5.01. The van der Waals surface area contributed by atoms with Crippen molar-refractivity contribution in [3.8, 4) is 0 Å². The zero-order chi connectivity index (χ0) is 14.2. The normalized spacial score (nSPS) is 30.1. The summed E-state index contributed by atoms with van der Waals surface area (Å²) in [6.45, 7) is 5.50. The van der Waals surface area contributed by atoms with Crippen LogP contribution >= 0.6 is 0 Å². The lowest BCUT2D eigenvalue weighted by atomic mass is 9.80. The van der Waals surface area contributed by atoms with Crippen molar-refractivity contribution in [2.24, 2.45) is 0 Å². The van der Waals surface area contributed by atoms with Gasteiger partial charge in [0.2, 0.25) is 0 Å². The van der Waals surface area contributed by atoms with E-state index < -0.39 is 5.97 Å². The molecule has 0 saturated carbocycles. The molecule has 4 heteroatoms. The maximum Gasteiger partial charge on any atom is 0.335 e. The fourth-order valence-corrected chi connectivity index (χ4v) is 3.70. The van der Waals surface area contributed by atoms with Crippen molar-refractivity contribution >= 4 is 5.97 Å². The Morgan fingerprint density at radius 1 is 1.40 bits per heavy atom. The van der Waals surface area contributed by atoms with E-state index in [-0.39, 0.29) is 5.54 Å². The molecule has 0 radical (unpaired) electrons. The number of nitrogens with zero attached hydrogens (tertiary/aromatic N) is 1. The van der Waals surface area contributed by atoms with Gasteiger partial charge in [0.05, 0.1) is 5.56 Å². The number of benzene rings is 1. The van der Waals surface area contributed by atoms with Gasteiger partial charge in [-0.3, -0.25) is 4.90 Å². The molecule has 2 atom stereocenters. The van der Waals surface area contributed by atoms with Gasteiger partial charge in [-0.05, 0) is 43.5 Å².